The number of methoxy groups -OCH3 is 1. The maximum atomic E-state index is 13.5. The van der Waals surface area contributed by atoms with E-state index in [1.165, 1.54) is 18.2 Å². The van der Waals surface area contributed by atoms with E-state index >= 15 is 0 Å². The fraction of sp³-hybridized carbons (Fsp3) is 0.129. The third-order valence-corrected chi connectivity index (χ3v) is 6.13. The van der Waals surface area contributed by atoms with Gasteiger partial charge in [-0.05, 0) is 67.1 Å². The highest BCUT2D eigenvalue weighted by Gasteiger charge is 2.15. The van der Waals surface area contributed by atoms with Crippen LogP contribution in [0.1, 0.15) is 21.5 Å². The first-order valence-electron chi connectivity index (χ1n) is 12.5. The number of benzene rings is 4. The van der Waals surface area contributed by atoms with Crippen LogP contribution in [0.5, 0.6) is 11.8 Å². The predicted molar refractivity (Wildman–Crippen MR) is 148 cm³/mol. The van der Waals surface area contributed by atoms with Crippen molar-refractivity contribution in [1.29, 1.82) is 0 Å². The molecule has 0 atom stereocenters. The molecule has 0 unspecified atom stereocenters. The van der Waals surface area contributed by atoms with Crippen LogP contribution in [-0.2, 0) is 6.42 Å². The Morgan fingerprint density at radius 2 is 1.69 bits per heavy atom. The Morgan fingerprint density at radius 1 is 0.949 bits per heavy atom. The lowest BCUT2D eigenvalue weighted by Gasteiger charge is -2.09. The van der Waals surface area contributed by atoms with E-state index in [-0.39, 0.29) is 11.6 Å². The van der Waals surface area contributed by atoms with Crippen molar-refractivity contribution in [3.63, 3.8) is 0 Å². The molecule has 1 aromatic heterocycles. The predicted octanol–water partition coefficient (Wildman–Crippen LogP) is 6.26. The van der Waals surface area contributed by atoms with Crippen molar-refractivity contribution in [2.45, 2.75) is 13.3 Å². The van der Waals surface area contributed by atoms with Crippen LogP contribution in [0, 0.1) is 12.7 Å². The normalized spacial score (nSPS) is 10.7. The molecule has 0 spiro atoms. The first-order chi connectivity index (χ1) is 19.0. The highest BCUT2D eigenvalue weighted by molar-refractivity contribution is 6.04. The van der Waals surface area contributed by atoms with Gasteiger partial charge in [0.05, 0.1) is 19.4 Å². The molecule has 0 bridgehead atoms. The fourth-order valence-corrected chi connectivity index (χ4v) is 4.00. The number of hydrogen-bond acceptors (Lipinski definition) is 5. The maximum Gasteiger partial charge on any atom is 0.336 e. The Kier molecular flexibility index (Phi) is 7.63. The average molecular weight is 523 g/mol. The van der Waals surface area contributed by atoms with Gasteiger partial charge in [0.25, 0.3) is 5.91 Å². The van der Waals surface area contributed by atoms with Crippen molar-refractivity contribution in [3.8, 4) is 28.8 Å². The molecule has 1 N–H and O–H groups in total. The highest BCUT2D eigenvalue weighted by atomic mass is 19.1. The van der Waals surface area contributed by atoms with E-state index in [1.807, 2.05) is 67.6 Å². The van der Waals surface area contributed by atoms with Gasteiger partial charge >= 0.3 is 6.01 Å². The molecule has 0 saturated carbocycles. The van der Waals surface area contributed by atoms with Gasteiger partial charge in [-0.3, -0.25) is 4.79 Å². The number of rotatable bonds is 9. The number of carbonyl (C=O) groups is 1. The molecular formula is C31H27FN4O3. The minimum atomic E-state index is -0.463. The Bertz CT molecular complexity index is 1560. The van der Waals surface area contributed by atoms with Crippen LogP contribution in [-0.4, -0.2) is 34.4 Å². The van der Waals surface area contributed by atoms with E-state index in [2.05, 4.69) is 15.4 Å². The summed E-state index contributed by atoms with van der Waals surface area (Å²) in [7, 11) is 1.64. The summed E-state index contributed by atoms with van der Waals surface area (Å²) in [6, 6.07) is 28.9. The van der Waals surface area contributed by atoms with E-state index in [1.54, 1.807) is 30.0 Å². The van der Waals surface area contributed by atoms with Gasteiger partial charge in [0.15, 0.2) is 5.82 Å². The highest BCUT2D eigenvalue weighted by Crippen LogP contribution is 2.25. The summed E-state index contributed by atoms with van der Waals surface area (Å²) in [5.41, 5.74) is 4.70. The molecule has 0 radical (unpaired) electrons. The van der Waals surface area contributed by atoms with Gasteiger partial charge in [-0.1, -0.05) is 48.0 Å². The van der Waals surface area contributed by atoms with Crippen LogP contribution in [0.3, 0.4) is 0 Å². The number of halogens is 1. The number of nitrogens with one attached hydrogen (secondary N) is 1. The van der Waals surface area contributed by atoms with Crippen LogP contribution in [0.2, 0.25) is 0 Å². The Hall–Kier alpha value is -4.98. The Labute approximate surface area is 225 Å². The SMILES string of the molecule is COc1ccc(CCOc2nc(-c3ccc(C)cc3)n(-c3ccc(NC(=O)c4cccc(F)c4)cc3)n2)cc1. The molecule has 5 rings (SSSR count). The van der Waals surface area contributed by atoms with E-state index in [0.717, 1.165) is 28.1 Å². The lowest BCUT2D eigenvalue weighted by molar-refractivity contribution is 0.102. The van der Waals surface area contributed by atoms with Crippen LogP contribution in [0.25, 0.3) is 17.1 Å². The largest absolute Gasteiger partial charge is 0.497 e. The third-order valence-electron chi connectivity index (χ3n) is 6.13. The number of amides is 1. The Balaban J connectivity index is 1.35. The molecule has 8 heteroatoms. The molecule has 0 saturated heterocycles. The second-order valence-electron chi connectivity index (χ2n) is 8.95. The van der Waals surface area contributed by atoms with Crippen molar-refractivity contribution in [3.05, 3.63) is 120 Å². The maximum absolute atomic E-state index is 13.5. The van der Waals surface area contributed by atoms with Gasteiger partial charge in [-0.15, -0.1) is 5.10 Å². The zero-order valence-corrected chi connectivity index (χ0v) is 21.6. The molecule has 1 amide bonds. The molecular weight excluding hydrogens is 495 g/mol. The van der Waals surface area contributed by atoms with E-state index in [9.17, 15) is 9.18 Å². The number of aromatic nitrogens is 3. The molecule has 7 nitrogen and oxygen atoms in total. The smallest absolute Gasteiger partial charge is 0.336 e. The zero-order chi connectivity index (χ0) is 27.2. The molecule has 5 aromatic rings. The van der Waals surface area contributed by atoms with Crippen LogP contribution in [0.4, 0.5) is 10.1 Å². The molecule has 4 aromatic carbocycles. The van der Waals surface area contributed by atoms with Gasteiger partial charge in [0.1, 0.15) is 11.6 Å². The number of hydrogen-bond donors (Lipinski definition) is 1. The van der Waals surface area contributed by atoms with Crippen LogP contribution in [0.15, 0.2) is 97.1 Å². The summed E-state index contributed by atoms with van der Waals surface area (Å²) < 4.78 is 26.3. The number of nitrogens with zero attached hydrogens (tertiary/aromatic N) is 3. The Morgan fingerprint density at radius 3 is 2.38 bits per heavy atom. The first kappa shape index (κ1) is 25.7. The summed E-state index contributed by atoms with van der Waals surface area (Å²) in [6.07, 6.45) is 0.693. The molecule has 0 aliphatic carbocycles. The lowest BCUT2D eigenvalue weighted by atomic mass is 10.1. The molecule has 39 heavy (non-hydrogen) atoms. The summed E-state index contributed by atoms with van der Waals surface area (Å²) in [6.45, 7) is 2.44. The molecule has 196 valence electrons. The summed E-state index contributed by atoms with van der Waals surface area (Å²) >= 11 is 0. The molecule has 0 aliphatic heterocycles. The lowest BCUT2D eigenvalue weighted by Crippen LogP contribution is -2.12. The summed E-state index contributed by atoms with van der Waals surface area (Å²) in [5.74, 6) is 0.582. The summed E-state index contributed by atoms with van der Waals surface area (Å²) in [4.78, 5) is 17.2. The fourth-order valence-electron chi connectivity index (χ4n) is 4.00. The monoisotopic (exact) mass is 522 g/mol. The van der Waals surface area contributed by atoms with Crippen molar-refractivity contribution in [2.24, 2.45) is 0 Å². The van der Waals surface area contributed by atoms with E-state index in [0.29, 0.717) is 24.5 Å². The van der Waals surface area contributed by atoms with Gasteiger partial charge in [-0.25, -0.2) is 9.07 Å². The average Bonchev–Trinajstić information content (AvgIpc) is 3.38. The number of anilines is 1. The molecule has 0 aliphatic rings. The molecule has 0 fully saturated rings. The van der Waals surface area contributed by atoms with Crippen molar-refractivity contribution in [2.75, 3.05) is 19.0 Å². The minimum absolute atomic E-state index is 0.244. The molecule has 1 heterocycles. The van der Waals surface area contributed by atoms with Crippen molar-refractivity contribution >= 4 is 11.6 Å². The number of carbonyl (C=O) groups excluding carboxylic acids is 1. The quantitative estimate of drug-likeness (QED) is 0.247. The van der Waals surface area contributed by atoms with Gasteiger partial charge in [0.2, 0.25) is 0 Å². The number of ether oxygens (including phenoxy) is 2. The standard InChI is InChI=1S/C31H27FN4O3/c1-21-6-10-23(11-7-21)29-34-31(39-19-18-22-8-16-28(38-2)17-9-22)35-36(29)27-14-12-26(13-15-27)33-30(37)24-4-3-5-25(32)20-24/h3-17,20H,18-19H2,1-2H3,(H,33,37). The number of aryl methyl sites for hydroxylation is 1. The minimum Gasteiger partial charge on any atom is -0.497 e. The van der Waals surface area contributed by atoms with Gasteiger partial charge in [-0.2, -0.15) is 4.98 Å². The third kappa shape index (κ3) is 6.30. The second kappa shape index (κ2) is 11.6. The zero-order valence-electron chi connectivity index (χ0n) is 21.6. The van der Waals surface area contributed by atoms with Gasteiger partial charge in [0, 0.05) is 23.2 Å². The summed E-state index contributed by atoms with van der Waals surface area (Å²) in [5, 5.41) is 7.41. The first-order valence-corrected chi connectivity index (χ1v) is 12.5. The van der Waals surface area contributed by atoms with Crippen LogP contribution >= 0.6 is 0 Å². The topological polar surface area (TPSA) is 78.3 Å². The van der Waals surface area contributed by atoms with Crippen molar-refractivity contribution < 1.29 is 18.7 Å². The van der Waals surface area contributed by atoms with E-state index < -0.39 is 11.7 Å². The van der Waals surface area contributed by atoms with Gasteiger partial charge < -0.3 is 14.8 Å². The van der Waals surface area contributed by atoms with Crippen LogP contribution < -0.4 is 14.8 Å². The van der Waals surface area contributed by atoms with E-state index in [4.69, 9.17) is 9.47 Å². The second-order valence-corrected chi connectivity index (χ2v) is 8.95. The van der Waals surface area contributed by atoms with Crippen molar-refractivity contribution in [1.82, 2.24) is 14.8 Å².